The summed E-state index contributed by atoms with van der Waals surface area (Å²) < 4.78 is 0.874. The average molecular weight is 372 g/mol. The lowest BCUT2D eigenvalue weighted by Gasteiger charge is -2.14. The standard InChI is InChI=1S/C17H17BrCl2/c1-3-11(2)12-4-6-13(7-5-12)17(20)14-8-9-16(19)15(18)10-14/h4-11,17H,3H2,1-2H3. The quantitative estimate of drug-likeness (QED) is 0.510. The molecular weight excluding hydrogens is 355 g/mol. The Labute approximate surface area is 139 Å². The maximum atomic E-state index is 6.56. The molecule has 0 radical (unpaired) electrons. The number of halogens is 3. The van der Waals surface area contributed by atoms with Gasteiger partial charge in [0, 0.05) is 4.47 Å². The SMILES string of the molecule is CCC(C)c1ccc(C(Cl)c2ccc(Cl)c(Br)c2)cc1. The first-order valence-corrected chi connectivity index (χ1v) is 8.32. The topological polar surface area (TPSA) is 0 Å². The molecule has 0 nitrogen and oxygen atoms in total. The van der Waals surface area contributed by atoms with Crippen LogP contribution < -0.4 is 0 Å². The highest BCUT2D eigenvalue weighted by atomic mass is 79.9. The Morgan fingerprint density at radius 1 is 1.00 bits per heavy atom. The number of alkyl halides is 1. The smallest absolute Gasteiger partial charge is 0.0835 e. The van der Waals surface area contributed by atoms with Crippen LogP contribution in [0.4, 0.5) is 0 Å². The minimum atomic E-state index is -0.158. The second-order valence-electron chi connectivity index (χ2n) is 5.01. The molecule has 0 spiro atoms. The molecule has 0 heterocycles. The summed E-state index contributed by atoms with van der Waals surface area (Å²) in [5, 5.41) is 0.541. The second-order valence-corrected chi connectivity index (χ2v) is 6.71. The summed E-state index contributed by atoms with van der Waals surface area (Å²) in [6.45, 7) is 4.44. The Bertz CT molecular complexity index is 578. The van der Waals surface area contributed by atoms with Gasteiger partial charge in [-0.3, -0.25) is 0 Å². The molecule has 0 aromatic heterocycles. The van der Waals surface area contributed by atoms with E-state index in [1.54, 1.807) is 0 Å². The van der Waals surface area contributed by atoms with E-state index in [-0.39, 0.29) is 5.38 Å². The molecule has 0 aliphatic carbocycles. The predicted octanol–water partition coefficient (Wildman–Crippen LogP) is 6.94. The molecule has 2 aromatic rings. The van der Waals surface area contributed by atoms with Gasteiger partial charge in [-0.15, -0.1) is 11.6 Å². The normalized spacial score (nSPS) is 14.1. The van der Waals surface area contributed by atoms with Gasteiger partial charge in [0.15, 0.2) is 0 Å². The van der Waals surface area contributed by atoms with Crippen molar-refractivity contribution < 1.29 is 0 Å². The zero-order valence-electron chi connectivity index (χ0n) is 11.5. The van der Waals surface area contributed by atoms with Crippen LogP contribution in [0.1, 0.15) is 48.3 Å². The van der Waals surface area contributed by atoms with Crippen molar-refractivity contribution in [2.24, 2.45) is 0 Å². The Hall–Kier alpha value is -0.500. The third-order valence-electron chi connectivity index (χ3n) is 3.65. The lowest BCUT2D eigenvalue weighted by molar-refractivity contribution is 0.733. The van der Waals surface area contributed by atoms with Crippen molar-refractivity contribution >= 4 is 39.1 Å². The Kier molecular flexibility index (Phi) is 5.54. The molecule has 0 bridgehead atoms. The first-order valence-electron chi connectivity index (χ1n) is 6.71. The van der Waals surface area contributed by atoms with Crippen molar-refractivity contribution in [3.8, 4) is 0 Å². The summed E-state index contributed by atoms with van der Waals surface area (Å²) in [6.07, 6.45) is 1.15. The van der Waals surface area contributed by atoms with Crippen LogP contribution in [-0.4, -0.2) is 0 Å². The molecule has 0 saturated carbocycles. The fourth-order valence-corrected chi connectivity index (χ4v) is 2.89. The molecular formula is C17H17BrCl2. The number of hydrogen-bond donors (Lipinski definition) is 0. The first kappa shape index (κ1) is 15.9. The van der Waals surface area contributed by atoms with Crippen molar-refractivity contribution in [1.29, 1.82) is 0 Å². The van der Waals surface area contributed by atoms with Crippen LogP contribution in [-0.2, 0) is 0 Å². The molecule has 0 aliphatic rings. The van der Waals surface area contributed by atoms with Gasteiger partial charge in [0.1, 0.15) is 0 Å². The third kappa shape index (κ3) is 3.58. The zero-order valence-corrected chi connectivity index (χ0v) is 14.6. The molecule has 20 heavy (non-hydrogen) atoms. The van der Waals surface area contributed by atoms with Gasteiger partial charge in [-0.1, -0.05) is 55.8 Å². The Morgan fingerprint density at radius 3 is 2.10 bits per heavy atom. The summed E-state index contributed by atoms with van der Waals surface area (Å²) in [5.74, 6) is 0.586. The van der Waals surface area contributed by atoms with Gasteiger partial charge in [-0.25, -0.2) is 0 Å². The highest BCUT2D eigenvalue weighted by molar-refractivity contribution is 9.10. The second kappa shape index (κ2) is 6.98. The molecule has 0 N–H and O–H groups in total. The van der Waals surface area contributed by atoms with E-state index in [2.05, 4.69) is 54.0 Å². The third-order valence-corrected chi connectivity index (χ3v) is 5.36. The molecule has 2 unspecified atom stereocenters. The highest BCUT2D eigenvalue weighted by Crippen LogP contribution is 2.33. The zero-order chi connectivity index (χ0) is 14.7. The summed E-state index contributed by atoms with van der Waals surface area (Å²) in [4.78, 5) is 0. The average Bonchev–Trinajstić information content (AvgIpc) is 2.48. The molecule has 2 atom stereocenters. The maximum absolute atomic E-state index is 6.56. The van der Waals surface area contributed by atoms with Crippen LogP contribution in [0, 0.1) is 0 Å². The van der Waals surface area contributed by atoms with Crippen molar-refractivity contribution in [3.63, 3.8) is 0 Å². The van der Waals surface area contributed by atoms with Crippen LogP contribution in [0.3, 0.4) is 0 Å². The van der Waals surface area contributed by atoms with Crippen LogP contribution in [0.25, 0.3) is 0 Å². The van der Waals surface area contributed by atoms with Gasteiger partial charge in [0.25, 0.3) is 0 Å². The largest absolute Gasteiger partial charge is 0.113 e. The predicted molar refractivity (Wildman–Crippen MR) is 92.0 cm³/mol. The number of hydrogen-bond acceptors (Lipinski definition) is 0. The van der Waals surface area contributed by atoms with E-state index < -0.39 is 0 Å². The van der Waals surface area contributed by atoms with Crippen LogP contribution in [0.15, 0.2) is 46.9 Å². The van der Waals surface area contributed by atoms with E-state index >= 15 is 0 Å². The fraction of sp³-hybridized carbons (Fsp3) is 0.294. The summed E-state index contributed by atoms with van der Waals surface area (Å²) in [6, 6.07) is 14.4. The molecule has 0 amide bonds. The van der Waals surface area contributed by atoms with Gasteiger partial charge in [0.2, 0.25) is 0 Å². The van der Waals surface area contributed by atoms with E-state index in [1.807, 2.05) is 18.2 Å². The van der Waals surface area contributed by atoms with Gasteiger partial charge in [0.05, 0.1) is 10.4 Å². The summed E-state index contributed by atoms with van der Waals surface area (Å²) in [5.41, 5.74) is 3.50. The van der Waals surface area contributed by atoms with Crippen molar-refractivity contribution in [1.82, 2.24) is 0 Å². The molecule has 2 rings (SSSR count). The van der Waals surface area contributed by atoms with Crippen LogP contribution in [0.2, 0.25) is 5.02 Å². The lowest BCUT2D eigenvalue weighted by Crippen LogP contribution is -1.96. The van der Waals surface area contributed by atoms with E-state index in [9.17, 15) is 0 Å². The monoisotopic (exact) mass is 370 g/mol. The minimum Gasteiger partial charge on any atom is -0.113 e. The van der Waals surface area contributed by atoms with Gasteiger partial charge < -0.3 is 0 Å². The fourth-order valence-electron chi connectivity index (χ4n) is 2.09. The van der Waals surface area contributed by atoms with Crippen molar-refractivity contribution in [2.45, 2.75) is 31.6 Å². The molecule has 0 aliphatic heterocycles. The summed E-state index contributed by atoms with van der Waals surface area (Å²) in [7, 11) is 0. The highest BCUT2D eigenvalue weighted by Gasteiger charge is 2.13. The van der Waals surface area contributed by atoms with Crippen LogP contribution in [0.5, 0.6) is 0 Å². The molecule has 0 fully saturated rings. The molecule has 106 valence electrons. The van der Waals surface area contributed by atoms with Gasteiger partial charge in [-0.05, 0) is 57.1 Å². The Balaban J connectivity index is 2.24. The van der Waals surface area contributed by atoms with E-state index in [0.717, 1.165) is 22.0 Å². The Morgan fingerprint density at radius 2 is 1.55 bits per heavy atom. The van der Waals surface area contributed by atoms with E-state index in [1.165, 1.54) is 5.56 Å². The summed E-state index contributed by atoms with van der Waals surface area (Å²) >= 11 is 16.0. The van der Waals surface area contributed by atoms with E-state index in [0.29, 0.717) is 10.9 Å². The van der Waals surface area contributed by atoms with Crippen LogP contribution >= 0.6 is 39.1 Å². The maximum Gasteiger partial charge on any atom is 0.0835 e. The van der Waals surface area contributed by atoms with Crippen molar-refractivity contribution in [3.05, 3.63) is 68.7 Å². The van der Waals surface area contributed by atoms with E-state index in [4.69, 9.17) is 23.2 Å². The first-order chi connectivity index (χ1) is 9.52. The van der Waals surface area contributed by atoms with Gasteiger partial charge in [-0.2, -0.15) is 0 Å². The number of benzene rings is 2. The molecule has 0 saturated heterocycles. The van der Waals surface area contributed by atoms with Gasteiger partial charge >= 0.3 is 0 Å². The molecule has 2 aromatic carbocycles. The number of rotatable bonds is 4. The minimum absolute atomic E-state index is 0.158. The van der Waals surface area contributed by atoms with Crippen molar-refractivity contribution in [2.75, 3.05) is 0 Å². The molecule has 3 heteroatoms. The lowest BCUT2D eigenvalue weighted by atomic mass is 9.96.